The first kappa shape index (κ1) is 22.0. The summed E-state index contributed by atoms with van der Waals surface area (Å²) in [7, 11) is -0.664. The molecule has 29 heavy (non-hydrogen) atoms. The minimum atomic E-state index is -1.80. The van der Waals surface area contributed by atoms with Gasteiger partial charge in [-0.15, -0.1) is 0 Å². The molecule has 0 saturated heterocycles. The molecule has 2 rings (SSSR count). The van der Waals surface area contributed by atoms with E-state index in [-0.39, 0.29) is 29.3 Å². The van der Waals surface area contributed by atoms with E-state index in [2.05, 4.69) is 0 Å². The highest BCUT2D eigenvalue weighted by molar-refractivity contribution is 7.85. The minimum Gasteiger partial charge on any atom is -0.467 e. The maximum atomic E-state index is 12.6. The second-order valence-electron chi connectivity index (χ2n) is 6.00. The number of rotatable bonds is 9. The summed E-state index contributed by atoms with van der Waals surface area (Å²) in [5.41, 5.74) is 0.378. The van der Waals surface area contributed by atoms with Crippen LogP contribution in [0.5, 0.6) is 0 Å². The molecular weight excluding hydrogens is 400 g/mol. The normalized spacial score (nSPS) is 12.6. The van der Waals surface area contributed by atoms with Gasteiger partial charge in [-0.05, 0) is 18.1 Å². The molecule has 10 heteroatoms. The molecule has 1 N–H and O–H groups in total. The second-order valence-corrected chi connectivity index (χ2v) is 7.54. The van der Waals surface area contributed by atoms with Gasteiger partial charge in [0.05, 0.1) is 22.8 Å². The standard InChI is InChI=1S/C19H20N2O7S/c1-28-18(22)16(20(19(23)24)13-14-7-3-2-4-8-14)11-12-29(27)17-10-6-5-9-15(17)21(25)26/h2-10,16H,11-13H2,1H3,(H,23,24)/t16?,29-/m0/s1. The minimum absolute atomic E-state index is 0.0195. The van der Waals surface area contributed by atoms with Gasteiger partial charge in [-0.3, -0.25) is 19.2 Å². The van der Waals surface area contributed by atoms with Crippen LogP contribution in [0.2, 0.25) is 0 Å². The van der Waals surface area contributed by atoms with Crippen LogP contribution in [-0.4, -0.2) is 50.1 Å². The summed E-state index contributed by atoms with van der Waals surface area (Å²) < 4.78 is 17.4. The van der Waals surface area contributed by atoms with E-state index in [0.717, 1.165) is 12.0 Å². The Kier molecular flexibility index (Phi) is 7.84. The van der Waals surface area contributed by atoms with Gasteiger partial charge in [0.1, 0.15) is 10.9 Å². The number of hydrogen-bond donors (Lipinski definition) is 1. The summed E-state index contributed by atoms with van der Waals surface area (Å²) in [5.74, 6) is -0.939. The van der Waals surface area contributed by atoms with Crippen LogP contribution < -0.4 is 0 Å². The number of amides is 1. The highest BCUT2D eigenvalue weighted by Gasteiger charge is 2.31. The Bertz CT molecular complexity index is 904. The van der Waals surface area contributed by atoms with Crippen LogP contribution in [0.1, 0.15) is 12.0 Å². The van der Waals surface area contributed by atoms with Crippen LogP contribution >= 0.6 is 0 Å². The quantitative estimate of drug-likeness (QED) is 0.375. The van der Waals surface area contributed by atoms with Crippen LogP contribution in [0.4, 0.5) is 10.5 Å². The fourth-order valence-corrected chi connectivity index (χ4v) is 4.02. The van der Waals surface area contributed by atoms with E-state index in [1.807, 2.05) is 0 Å². The fraction of sp³-hybridized carbons (Fsp3) is 0.263. The van der Waals surface area contributed by atoms with Crippen LogP contribution in [0.15, 0.2) is 59.5 Å². The topological polar surface area (TPSA) is 127 Å². The third-order valence-electron chi connectivity index (χ3n) is 4.17. The van der Waals surface area contributed by atoms with Crippen molar-refractivity contribution in [1.82, 2.24) is 4.90 Å². The van der Waals surface area contributed by atoms with Gasteiger partial charge in [0, 0.05) is 18.4 Å². The lowest BCUT2D eigenvalue weighted by Gasteiger charge is -2.27. The monoisotopic (exact) mass is 420 g/mol. The van der Waals surface area contributed by atoms with Crippen molar-refractivity contribution in [3.63, 3.8) is 0 Å². The lowest BCUT2D eigenvalue weighted by Crippen LogP contribution is -2.45. The molecule has 0 fully saturated rings. The second kappa shape index (κ2) is 10.3. The van der Waals surface area contributed by atoms with Crippen molar-refractivity contribution in [2.24, 2.45) is 0 Å². The van der Waals surface area contributed by atoms with Gasteiger partial charge in [0.15, 0.2) is 0 Å². The average molecular weight is 420 g/mol. The number of carboxylic acid groups (broad SMARTS) is 1. The number of nitrogens with zero attached hydrogens (tertiary/aromatic N) is 2. The molecule has 0 aliphatic heterocycles. The predicted octanol–water partition coefficient (Wildman–Crippen LogP) is 2.81. The molecule has 1 unspecified atom stereocenters. The number of carbonyl (C=O) groups is 2. The number of hydrogen-bond acceptors (Lipinski definition) is 6. The van der Waals surface area contributed by atoms with Gasteiger partial charge in [-0.25, -0.2) is 9.59 Å². The lowest BCUT2D eigenvalue weighted by atomic mass is 10.1. The zero-order valence-corrected chi connectivity index (χ0v) is 16.4. The highest BCUT2D eigenvalue weighted by Crippen LogP contribution is 2.23. The largest absolute Gasteiger partial charge is 0.467 e. The Labute approximate surface area is 169 Å². The van der Waals surface area contributed by atoms with Crippen LogP contribution in [0, 0.1) is 10.1 Å². The van der Waals surface area contributed by atoms with Crippen molar-refractivity contribution < 1.29 is 28.6 Å². The zero-order valence-electron chi connectivity index (χ0n) is 15.6. The third-order valence-corrected chi connectivity index (χ3v) is 5.62. The molecule has 0 radical (unpaired) electrons. The third kappa shape index (κ3) is 5.85. The smallest absolute Gasteiger partial charge is 0.408 e. The number of methoxy groups -OCH3 is 1. The van der Waals surface area contributed by atoms with Crippen LogP contribution in [0.3, 0.4) is 0 Å². The van der Waals surface area contributed by atoms with Gasteiger partial charge in [0.2, 0.25) is 0 Å². The van der Waals surface area contributed by atoms with Gasteiger partial charge < -0.3 is 9.84 Å². The summed E-state index contributed by atoms with van der Waals surface area (Å²) in [5, 5.41) is 20.7. The van der Waals surface area contributed by atoms with Gasteiger partial charge in [-0.1, -0.05) is 42.5 Å². The summed E-state index contributed by atoms with van der Waals surface area (Å²) in [6.07, 6.45) is -1.45. The molecule has 0 aliphatic carbocycles. The van der Waals surface area contributed by atoms with Gasteiger partial charge in [-0.2, -0.15) is 0 Å². The summed E-state index contributed by atoms with van der Waals surface area (Å²) in [6, 6.07) is 13.1. The number of nitro benzene ring substituents is 1. The molecule has 0 aromatic heterocycles. The van der Waals surface area contributed by atoms with Crippen molar-refractivity contribution in [1.29, 1.82) is 0 Å². The maximum Gasteiger partial charge on any atom is 0.408 e. The van der Waals surface area contributed by atoms with Crippen molar-refractivity contribution >= 4 is 28.5 Å². The van der Waals surface area contributed by atoms with E-state index in [0.29, 0.717) is 5.56 Å². The Morgan fingerprint density at radius 2 is 1.79 bits per heavy atom. The number of para-hydroxylation sites is 1. The predicted molar refractivity (Wildman–Crippen MR) is 105 cm³/mol. The van der Waals surface area contributed by atoms with Gasteiger partial charge in [0.25, 0.3) is 5.69 Å². The fourth-order valence-electron chi connectivity index (χ4n) is 2.76. The molecule has 0 heterocycles. The van der Waals surface area contributed by atoms with E-state index in [4.69, 9.17) is 4.74 Å². The molecular formula is C19H20N2O7S. The van der Waals surface area contributed by atoms with Gasteiger partial charge >= 0.3 is 12.1 Å². The van der Waals surface area contributed by atoms with E-state index in [1.165, 1.54) is 24.3 Å². The molecule has 0 saturated carbocycles. The Morgan fingerprint density at radius 1 is 1.17 bits per heavy atom. The summed E-state index contributed by atoms with van der Waals surface area (Å²) in [4.78, 5) is 35.4. The van der Waals surface area contributed by atoms with Crippen molar-refractivity contribution in [3.8, 4) is 0 Å². The Morgan fingerprint density at radius 3 is 2.38 bits per heavy atom. The summed E-state index contributed by atoms with van der Waals surface area (Å²) in [6.45, 7) is -0.0614. The van der Waals surface area contributed by atoms with E-state index in [9.17, 15) is 29.0 Å². The maximum absolute atomic E-state index is 12.6. The first-order chi connectivity index (χ1) is 13.8. The lowest BCUT2D eigenvalue weighted by molar-refractivity contribution is -0.387. The van der Waals surface area contributed by atoms with Crippen LogP contribution in [0.25, 0.3) is 0 Å². The average Bonchev–Trinajstić information content (AvgIpc) is 2.73. The molecule has 2 aromatic carbocycles. The van der Waals surface area contributed by atoms with Crippen molar-refractivity contribution in [2.45, 2.75) is 23.9 Å². The Balaban J connectivity index is 2.21. The molecule has 9 nitrogen and oxygen atoms in total. The van der Waals surface area contributed by atoms with Crippen molar-refractivity contribution in [2.75, 3.05) is 12.9 Å². The highest BCUT2D eigenvalue weighted by atomic mass is 32.2. The first-order valence-corrected chi connectivity index (χ1v) is 9.90. The number of nitro groups is 1. The number of benzene rings is 2. The Hall–Kier alpha value is -3.27. The van der Waals surface area contributed by atoms with E-state index in [1.54, 1.807) is 30.3 Å². The van der Waals surface area contributed by atoms with Crippen LogP contribution in [-0.2, 0) is 26.9 Å². The summed E-state index contributed by atoms with van der Waals surface area (Å²) >= 11 is 0. The molecule has 154 valence electrons. The first-order valence-electron chi connectivity index (χ1n) is 8.58. The molecule has 2 atom stereocenters. The molecule has 0 bridgehead atoms. The molecule has 0 aliphatic rings. The van der Waals surface area contributed by atoms with Crippen molar-refractivity contribution in [3.05, 3.63) is 70.3 Å². The molecule has 1 amide bonds. The number of ether oxygens (including phenoxy) is 1. The molecule has 2 aromatic rings. The van der Waals surface area contributed by atoms with E-state index < -0.39 is 33.8 Å². The number of esters is 1. The zero-order chi connectivity index (χ0) is 21.4. The van der Waals surface area contributed by atoms with E-state index >= 15 is 0 Å². The SMILES string of the molecule is COC(=O)C(CC[S@](=O)c1ccccc1[N+](=O)[O-])N(Cc1ccccc1)C(=O)O. The number of carbonyl (C=O) groups excluding carboxylic acids is 1. The molecule has 0 spiro atoms.